The number of methoxy groups -OCH3 is 1. The standard InChI is InChI=1S/C20H23NO4/c1-14-9-10-15(2)18(11-14)25-13-19(22)21-17(20(23)24-3)12-16-7-5-4-6-8-16/h4-11,17H,12-13H2,1-3H3,(H,21,22). The molecule has 0 saturated carbocycles. The molecule has 132 valence electrons. The lowest BCUT2D eigenvalue weighted by Crippen LogP contribution is -2.44. The fraction of sp³-hybridized carbons (Fsp3) is 0.300. The summed E-state index contributed by atoms with van der Waals surface area (Å²) in [5, 5.41) is 2.68. The van der Waals surface area contributed by atoms with Crippen LogP contribution in [-0.2, 0) is 20.7 Å². The maximum Gasteiger partial charge on any atom is 0.328 e. The van der Waals surface area contributed by atoms with Gasteiger partial charge in [0.25, 0.3) is 5.91 Å². The molecule has 0 fully saturated rings. The third kappa shape index (κ3) is 5.64. The van der Waals surface area contributed by atoms with Gasteiger partial charge in [-0.2, -0.15) is 0 Å². The Morgan fingerprint density at radius 2 is 1.80 bits per heavy atom. The van der Waals surface area contributed by atoms with Crippen molar-refractivity contribution in [3.63, 3.8) is 0 Å². The first-order valence-electron chi connectivity index (χ1n) is 8.10. The zero-order chi connectivity index (χ0) is 18.2. The highest BCUT2D eigenvalue weighted by Crippen LogP contribution is 2.18. The number of benzene rings is 2. The molecule has 1 atom stereocenters. The highest BCUT2D eigenvalue weighted by Gasteiger charge is 2.22. The number of hydrogen-bond donors (Lipinski definition) is 1. The van der Waals surface area contributed by atoms with Crippen molar-refractivity contribution in [2.75, 3.05) is 13.7 Å². The van der Waals surface area contributed by atoms with Crippen LogP contribution in [0.4, 0.5) is 0 Å². The Morgan fingerprint density at radius 1 is 1.08 bits per heavy atom. The summed E-state index contributed by atoms with van der Waals surface area (Å²) in [6.45, 7) is 3.71. The van der Waals surface area contributed by atoms with E-state index in [1.54, 1.807) is 0 Å². The summed E-state index contributed by atoms with van der Waals surface area (Å²) in [4.78, 5) is 24.1. The van der Waals surface area contributed by atoms with E-state index in [9.17, 15) is 9.59 Å². The molecular weight excluding hydrogens is 318 g/mol. The maximum atomic E-state index is 12.2. The number of esters is 1. The number of carbonyl (C=O) groups is 2. The van der Waals surface area contributed by atoms with Crippen LogP contribution < -0.4 is 10.1 Å². The molecule has 0 aliphatic carbocycles. The van der Waals surface area contributed by atoms with Crippen LogP contribution in [0.3, 0.4) is 0 Å². The minimum atomic E-state index is -0.748. The highest BCUT2D eigenvalue weighted by molar-refractivity contribution is 5.85. The summed E-state index contributed by atoms with van der Waals surface area (Å²) < 4.78 is 10.4. The van der Waals surface area contributed by atoms with Crippen LogP contribution in [0, 0.1) is 13.8 Å². The Kier molecular flexibility index (Phi) is 6.57. The van der Waals surface area contributed by atoms with E-state index in [0.29, 0.717) is 12.2 Å². The van der Waals surface area contributed by atoms with Gasteiger partial charge in [-0.25, -0.2) is 4.79 Å². The van der Waals surface area contributed by atoms with E-state index in [0.717, 1.165) is 16.7 Å². The molecule has 0 spiro atoms. The van der Waals surface area contributed by atoms with Crippen molar-refractivity contribution < 1.29 is 19.1 Å². The molecule has 2 rings (SSSR count). The topological polar surface area (TPSA) is 64.6 Å². The molecule has 1 unspecified atom stereocenters. The Hall–Kier alpha value is -2.82. The van der Waals surface area contributed by atoms with Crippen molar-refractivity contribution in [1.29, 1.82) is 0 Å². The lowest BCUT2D eigenvalue weighted by Gasteiger charge is -2.17. The first-order valence-corrected chi connectivity index (χ1v) is 8.10. The number of carbonyl (C=O) groups excluding carboxylic acids is 2. The largest absolute Gasteiger partial charge is 0.483 e. The zero-order valence-corrected chi connectivity index (χ0v) is 14.7. The van der Waals surface area contributed by atoms with Gasteiger partial charge in [-0.15, -0.1) is 0 Å². The average Bonchev–Trinajstić information content (AvgIpc) is 2.62. The van der Waals surface area contributed by atoms with Crippen LogP contribution >= 0.6 is 0 Å². The first-order chi connectivity index (χ1) is 12.0. The van der Waals surface area contributed by atoms with Gasteiger partial charge in [-0.1, -0.05) is 42.5 Å². The van der Waals surface area contributed by atoms with Crippen molar-refractivity contribution in [3.05, 3.63) is 65.2 Å². The molecule has 0 aliphatic rings. The second-order valence-electron chi connectivity index (χ2n) is 5.89. The van der Waals surface area contributed by atoms with Gasteiger partial charge in [0.1, 0.15) is 11.8 Å². The fourth-order valence-corrected chi connectivity index (χ4v) is 2.43. The van der Waals surface area contributed by atoms with Gasteiger partial charge in [-0.3, -0.25) is 4.79 Å². The quantitative estimate of drug-likeness (QED) is 0.786. The van der Waals surface area contributed by atoms with Gasteiger partial charge in [0.05, 0.1) is 7.11 Å². The summed E-state index contributed by atoms with van der Waals surface area (Å²) in [7, 11) is 1.30. The maximum absolute atomic E-state index is 12.2. The Balaban J connectivity index is 1.97. The minimum absolute atomic E-state index is 0.160. The van der Waals surface area contributed by atoms with Gasteiger partial charge in [0.2, 0.25) is 0 Å². The predicted octanol–water partition coefficient (Wildman–Crippen LogP) is 2.58. The Bertz CT molecular complexity index is 728. The summed E-state index contributed by atoms with van der Waals surface area (Å²) in [6, 6.07) is 14.5. The lowest BCUT2D eigenvalue weighted by atomic mass is 10.1. The zero-order valence-electron chi connectivity index (χ0n) is 14.7. The molecule has 5 heteroatoms. The molecule has 0 aromatic heterocycles. The van der Waals surface area contributed by atoms with Crippen molar-refractivity contribution in [3.8, 4) is 5.75 Å². The number of hydrogen-bond acceptors (Lipinski definition) is 4. The molecule has 0 saturated heterocycles. The monoisotopic (exact) mass is 341 g/mol. The summed E-state index contributed by atoms with van der Waals surface area (Å²) in [5.74, 6) is -0.191. The second-order valence-corrected chi connectivity index (χ2v) is 5.89. The van der Waals surface area contributed by atoms with Crippen LogP contribution in [-0.4, -0.2) is 31.6 Å². The third-order valence-electron chi connectivity index (χ3n) is 3.81. The lowest BCUT2D eigenvalue weighted by molar-refractivity contribution is -0.145. The van der Waals surface area contributed by atoms with Crippen LogP contribution in [0.1, 0.15) is 16.7 Å². The van der Waals surface area contributed by atoms with E-state index in [4.69, 9.17) is 9.47 Å². The molecule has 0 aliphatic heterocycles. The van der Waals surface area contributed by atoms with Gasteiger partial charge >= 0.3 is 5.97 Å². The van der Waals surface area contributed by atoms with E-state index in [1.165, 1.54) is 7.11 Å². The van der Waals surface area contributed by atoms with Crippen molar-refractivity contribution in [2.24, 2.45) is 0 Å². The molecule has 2 aromatic rings. The van der Waals surface area contributed by atoms with Crippen LogP contribution in [0.15, 0.2) is 48.5 Å². The predicted molar refractivity (Wildman–Crippen MR) is 95.5 cm³/mol. The molecule has 5 nitrogen and oxygen atoms in total. The number of nitrogens with one attached hydrogen (secondary N) is 1. The number of aryl methyl sites for hydroxylation is 2. The number of amides is 1. The third-order valence-corrected chi connectivity index (χ3v) is 3.81. The van der Waals surface area contributed by atoms with E-state index in [-0.39, 0.29) is 12.5 Å². The van der Waals surface area contributed by atoms with Crippen molar-refractivity contribution in [1.82, 2.24) is 5.32 Å². The second kappa shape index (κ2) is 8.87. The van der Waals surface area contributed by atoms with Gasteiger partial charge in [0, 0.05) is 6.42 Å². The first kappa shape index (κ1) is 18.5. The molecule has 1 N–H and O–H groups in total. The van der Waals surface area contributed by atoms with Crippen LogP contribution in [0.2, 0.25) is 0 Å². The highest BCUT2D eigenvalue weighted by atomic mass is 16.5. The average molecular weight is 341 g/mol. The smallest absolute Gasteiger partial charge is 0.328 e. The van der Waals surface area contributed by atoms with E-state index >= 15 is 0 Å². The fourth-order valence-electron chi connectivity index (χ4n) is 2.43. The van der Waals surface area contributed by atoms with Gasteiger partial charge < -0.3 is 14.8 Å². The van der Waals surface area contributed by atoms with Crippen molar-refractivity contribution >= 4 is 11.9 Å². The van der Waals surface area contributed by atoms with Gasteiger partial charge in [-0.05, 0) is 36.6 Å². The number of ether oxygens (including phenoxy) is 2. The van der Waals surface area contributed by atoms with E-state index in [1.807, 2.05) is 62.4 Å². The molecule has 0 radical (unpaired) electrons. The molecule has 25 heavy (non-hydrogen) atoms. The van der Waals surface area contributed by atoms with E-state index < -0.39 is 12.0 Å². The normalized spacial score (nSPS) is 11.5. The van der Waals surface area contributed by atoms with Crippen LogP contribution in [0.25, 0.3) is 0 Å². The summed E-state index contributed by atoms with van der Waals surface area (Å²) in [5.41, 5.74) is 2.94. The van der Waals surface area contributed by atoms with E-state index in [2.05, 4.69) is 5.32 Å². The van der Waals surface area contributed by atoms with Crippen LogP contribution in [0.5, 0.6) is 5.75 Å². The molecule has 2 aromatic carbocycles. The van der Waals surface area contributed by atoms with Crippen molar-refractivity contribution in [2.45, 2.75) is 26.3 Å². The Morgan fingerprint density at radius 3 is 2.48 bits per heavy atom. The summed E-state index contributed by atoms with van der Waals surface area (Å²) >= 11 is 0. The SMILES string of the molecule is COC(=O)C(Cc1ccccc1)NC(=O)COc1cc(C)ccc1C. The summed E-state index contributed by atoms with van der Waals surface area (Å²) in [6.07, 6.45) is 0.364. The van der Waals surface area contributed by atoms with Gasteiger partial charge in [0.15, 0.2) is 6.61 Å². The molecule has 0 heterocycles. The Labute approximate surface area is 148 Å². The number of rotatable bonds is 7. The molecule has 1 amide bonds. The molecular formula is C20H23NO4. The molecule has 0 bridgehead atoms. The minimum Gasteiger partial charge on any atom is -0.483 e.